The lowest BCUT2D eigenvalue weighted by Gasteiger charge is -2.42. The quantitative estimate of drug-likeness (QED) is 0.0240. The van der Waals surface area contributed by atoms with E-state index in [1.54, 1.807) is 0 Å². The van der Waals surface area contributed by atoms with Crippen LogP contribution in [0.4, 0.5) is 14.4 Å². The number of hydrogen-bond donors (Lipinski definition) is 18. The van der Waals surface area contributed by atoms with Crippen LogP contribution >= 0.6 is 0 Å². The number of ether oxygens (including phenoxy) is 9. The normalized spacial score (nSPS) is 25.2. The summed E-state index contributed by atoms with van der Waals surface area (Å²) in [5.74, 6) is -2.00. The fourth-order valence-electron chi connectivity index (χ4n) is 11.7. The Balaban J connectivity index is 1.31. The Bertz CT molecular complexity index is 2340. The molecular weight excluding hydrogens is 1360 g/mol. The van der Waals surface area contributed by atoms with Crippen LogP contribution in [-0.2, 0) is 71.4 Å². The van der Waals surface area contributed by atoms with E-state index in [1.165, 1.54) is 20.8 Å². The number of carbonyl (C=O) groups is 9. The Morgan fingerprint density at radius 3 is 0.854 bits per heavy atom. The molecule has 18 N–H and O–H groups in total. The van der Waals surface area contributed by atoms with Crippen molar-refractivity contribution >= 4 is 53.7 Å². The van der Waals surface area contributed by atoms with Gasteiger partial charge in [-0.05, 0) is 95.3 Å². The Labute approximate surface area is 602 Å². The molecule has 0 spiro atoms. The second kappa shape index (κ2) is 52.9. The molecule has 3 aliphatic heterocycles. The Hall–Kier alpha value is -5.97. The van der Waals surface area contributed by atoms with E-state index in [4.69, 9.17) is 42.6 Å². The van der Waals surface area contributed by atoms with Crippen LogP contribution in [0.5, 0.6) is 0 Å². The van der Waals surface area contributed by atoms with Crippen molar-refractivity contribution in [1.29, 1.82) is 0 Å². The molecular formula is C67H121N9O27. The van der Waals surface area contributed by atoms with Gasteiger partial charge in [0.1, 0.15) is 73.1 Å². The summed E-state index contributed by atoms with van der Waals surface area (Å²) in [5, 5.41) is 115. The highest BCUT2D eigenvalue weighted by Gasteiger charge is 2.48. The maximum absolute atomic E-state index is 12.7. The number of nitrogens with one attached hydrogen (secondary N) is 9. The largest absolute Gasteiger partial charge is 0.450 e. The standard InChI is InChI=1S/C67H121N9O27/c1-43(80)74-52-58(89)55(86)46(40-77)101-61(52)95-34-17-22-49(83)68-28-11-5-8-14-31-71-64(92)98-37-20-25-67(4,27-39-100-66(94)73-33-16-10-7-13-30-70-51(85)24-19-36-97-63-54(76-45(3)82)60(91)57(88)48(42-79)103-63)26-21-38-99-65(93)72-32-15-9-6-12-29-69-50(84)23-18-35-96-62-53(75-44(2)81)59(90)56(87)47(41-78)102-62/h46-48,52-63,77-79,86-91H,5-42H2,1-4H3,(H,68,83)(H,69,84)(H,70,85)(H,71,92)(H,72,93)(H,73,94)(H,74,80)(H,75,81)(H,76,82). The molecule has 0 aromatic heterocycles. The zero-order valence-corrected chi connectivity index (χ0v) is 60.4. The first-order chi connectivity index (χ1) is 49.3. The summed E-state index contributed by atoms with van der Waals surface area (Å²) in [6.45, 7) is 7.05. The molecule has 3 saturated heterocycles. The maximum atomic E-state index is 12.7. The fourth-order valence-corrected chi connectivity index (χ4v) is 11.7. The van der Waals surface area contributed by atoms with Crippen molar-refractivity contribution in [3.8, 4) is 0 Å². The summed E-state index contributed by atoms with van der Waals surface area (Å²) < 4.78 is 50.1. The topological polar surface area (TPSA) is 527 Å². The molecule has 3 heterocycles. The third kappa shape index (κ3) is 38.2. The van der Waals surface area contributed by atoms with Gasteiger partial charge in [0.15, 0.2) is 18.9 Å². The monoisotopic (exact) mass is 1480 g/mol. The van der Waals surface area contributed by atoms with Gasteiger partial charge in [0.2, 0.25) is 35.4 Å². The molecule has 3 rings (SSSR count). The van der Waals surface area contributed by atoms with Gasteiger partial charge in [0, 0.05) is 79.3 Å². The van der Waals surface area contributed by atoms with Gasteiger partial charge in [0.05, 0.1) is 59.5 Å². The highest BCUT2D eigenvalue weighted by molar-refractivity contribution is 5.77. The average Bonchev–Trinajstić information content (AvgIpc) is 0.822. The molecule has 0 aliphatic carbocycles. The van der Waals surface area contributed by atoms with Crippen molar-refractivity contribution in [3.05, 3.63) is 0 Å². The van der Waals surface area contributed by atoms with Crippen molar-refractivity contribution < 1.29 is 132 Å². The van der Waals surface area contributed by atoms with Crippen molar-refractivity contribution in [2.24, 2.45) is 5.41 Å². The van der Waals surface area contributed by atoms with E-state index in [-0.39, 0.29) is 76.6 Å². The lowest BCUT2D eigenvalue weighted by atomic mass is 9.78. The first-order valence-electron chi connectivity index (χ1n) is 36.4. The zero-order valence-electron chi connectivity index (χ0n) is 60.4. The number of aliphatic hydroxyl groups excluding tert-OH is 9. The minimum absolute atomic E-state index is 0.0499. The number of carbonyl (C=O) groups excluding carboxylic acids is 9. The van der Waals surface area contributed by atoms with Crippen molar-refractivity contribution in [3.63, 3.8) is 0 Å². The van der Waals surface area contributed by atoms with Gasteiger partial charge in [-0.2, -0.15) is 0 Å². The highest BCUT2D eigenvalue weighted by Crippen LogP contribution is 2.34. The molecule has 15 unspecified atom stereocenters. The summed E-state index contributed by atoms with van der Waals surface area (Å²) in [4.78, 5) is 110. The zero-order chi connectivity index (χ0) is 76.0. The number of hydrogen-bond acceptors (Lipinski definition) is 27. The molecule has 0 aromatic rings. The second-order valence-electron chi connectivity index (χ2n) is 26.5. The molecule has 36 heteroatoms. The third-order valence-corrected chi connectivity index (χ3v) is 17.6. The van der Waals surface area contributed by atoms with Gasteiger partial charge in [-0.25, -0.2) is 14.4 Å². The van der Waals surface area contributed by atoms with Crippen LogP contribution in [-0.4, -0.2) is 290 Å². The number of alkyl carbamates (subject to hydrolysis) is 3. The molecule has 9 amide bonds. The molecule has 0 bridgehead atoms. The predicted molar refractivity (Wildman–Crippen MR) is 365 cm³/mol. The van der Waals surface area contributed by atoms with E-state index in [9.17, 15) is 89.1 Å². The van der Waals surface area contributed by atoms with Crippen LogP contribution in [0, 0.1) is 5.41 Å². The van der Waals surface area contributed by atoms with E-state index >= 15 is 0 Å². The smallest absolute Gasteiger partial charge is 0.407 e. The summed E-state index contributed by atoms with van der Waals surface area (Å²) in [5.41, 5.74) is -0.396. The molecule has 103 heavy (non-hydrogen) atoms. The minimum Gasteiger partial charge on any atom is -0.450 e. The summed E-state index contributed by atoms with van der Waals surface area (Å²) in [6, 6.07) is -3.22. The van der Waals surface area contributed by atoms with Gasteiger partial charge in [0.25, 0.3) is 0 Å². The SMILES string of the molecule is CC(=O)NC1C(OCCCC(=O)NCCCCCCNC(=O)OCCCC(C)(CCCOC(=O)NCCCCCCNC(=O)CCCOC2OC(CO)C(O)C(O)C2NC(C)=O)CCOC(=O)NCCCCCCNC(=O)CCCOC2OC(CO)C(O)C(O)C2NC(C)=O)OC(CO)C(O)C1O. The second-order valence-corrected chi connectivity index (χ2v) is 26.5. The van der Waals surface area contributed by atoms with E-state index in [0.717, 1.165) is 38.5 Å². The first-order valence-corrected chi connectivity index (χ1v) is 36.4. The van der Waals surface area contributed by atoms with E-state index < -0.39 is 153 Å². The van der Waals surface area contributed by atoms with Crippen LogP contribution in [0.2, 0.25) is 0 Å². The third-order valence-electron chi connectivity index (χ3n) is 17.6. The molecule has 3 aliphatic rings. The average molecular weight is 1480 g/mol. The molecule has 0 radical (unpaired) electrons. The van der Waals surface area contributed by atoms with Gasteiger partial charge >= 0.3 is 18.3 Å². The van der Waals surface area contributed by atoms with Gasteiger partial charge in [-0.3, -0.25) is 28.8 Å². The van der Waals surface area contributed by atoms with Crippen LogP contribution in [0.25, 0.3) is 0 Å². The Morgan fingerprint density at radius 2 is 0.592 bits per heavy atom. The van der Waals surface area contributed by atoms with Crippen LogP contribution in [0.1, 0.15) is 175 Å². The number of rotatable bonds is 53. The predicted octanol–water partition coefficient (Wildman–Crippen LogP) is -1.63. The lowest BCUT2D eigenvalue weighted by Crippen LogP contribution is -2.64. The van der Waals surface area contributed by atoms with Crippen LogP contribution in [0.3, 0.4) is 0 Å². The number of amides is 9. The van der Waals surface area contributed by atoms with Crippen molar-refractivity contribution in [1.82, 2.24) is 47.9 Å². The van der Waals surface area contributed by atoms with Gasteiger partial charge in [-0.1, -0.05) is 45.4 Å². The summed E-state index contributed by atoms with van der Waals surface area (Å²) in [7, 11) is 0. The maximum Gasteiger partial charge on any atom is 0.407 e. The number of unbranched alkanes of at least 4 members (excludes halogenated alkanes) is 9. The highest BCUT2D eigenvalue weighted by atomic mass is 16.7. The summed E-state index contributed by atoms with van der Waals surface area (Å²) in [6.07, 6.45) is -4.10. The first kappa shape index (κ1) is 91.2. The van der Waals surface area contributed by atoms with Gasteiger partial charge in [-0.15, -0.1) is 0 Å². The minimum atomic E-state index is -1.44. The Morgan fingerprint density at radius 1 is 0.330 bits per heavy atom. The lowest BCUT2D eigenvalue weighted by molar-refractivity contribution is -0.270. The molecule has 3 fully saturated rings. The van der Waals surface area contributed by atoms with Crippen molar-refractivity contribution in [2.75, 3.05) is 98.7 Å². The number of aliphatic hydroxyl groups is 9. The van der Waals surface area contributed by atoms with Gasteiger partial charge < -0.3 is 136 Å². The van der Waals surface area contributed by atoms with E-state index in [2.05, 4.69) is 47.9 Å². The van der Waals surface area contributed by atoms with Crippen LogP contribution in [0.15, 0.2) is 0 Å². The fraction of sp³-hybridized carbons (Fsp3) is 0.866. The van der Waals surface area contributed by atoms with E-state index in [1.807, 2.05) is 6.92 Å². The molecule has 36 nitrogen and oxygen atoms in total. The van der Waals surface area contributed by atoms with Crippen molar-refractivity contribution in [2.45, 2.75) is 267 Å². The molecule has 15 atom stereocenters. The summed E-state index contributed by atoms with van der Waals surface area (Å²) >= 11 is 0. The molecule has 596 valence electrons. The Kier molecular flexibility index (Phi) is 46.9. The molecule has 0 saturated carbocycles. The molecule has 0 aromatic carbocycles. The van der Waals surface area contributed by atoms with E-state index in [0.29, 0.717) is 129 Å². The van der Waals surface area contributed by atoms with Crippen LogP contribution < -0.4 is 47.9 Å².